The van der Waals surface area contributed by atoms with Crippen LogP contribution in [0.2, 0.25) is 0 Å². The Morgan fingerprint density at radius 2 is 2.06 bits per heavy atom. The number of nitrogens with one attached hydrogen (secondary N) is 1. The van der Waals surface area contributed by atoms with Gasteiger partial charge in [-0.2, -0.15) is 5.10 Å². The van der Waals surface area contributed by atoms with E-state index in [9.17, 15) is 0 Å². The highest BCUT2D eigenvalue weighted by Gasteiger charge is 2.03. The fourth-order valence-electron chi connectivity index (χ4n) is 1.62. The summed E-state index contributed by atoms with van der Waals surface area (Å²) in [7, 11) is 0. The van der Waals surface area contributed by atoms with Crippen molar-refractivity contribution < 1.29 is 4.42 Å². The number of nitrogens with zero attached hydrogens (tertiary/aromatic N) is 1. The van der Waals surface area contributed by atoms with Crippen LogP contribution in [0.3, 0.4) is 0 Å². The number of aromatic nitrogens is 2. The number of benzene rings is 1. The maximum absolute atomic E-state index is 5.55. The number of H-pyrrole nitrogens is 1. The molecule has 0 bridgehead atoms. The number of hydrogen-bond donors (Lipinski definition) is 2. The number of furan rings is 1. The summed E-state index contributed by atoms with van der Waals surface area (Å²) >= 11 is 0. The highest BCUT2D eigenvalue weighted by molar-refractivity contribution is 5.85. The van der Waals surface area contributed by atoms with Crippen LogP contribution in [0, 0.1) is 0 Å². The summed E-state index contributed by atoms with van der Waals surface area (Å²) in [6.07, 6.45) is 1.68. The number of aromatic amines is 1. The fourth-order valence-corrected chi connectivity index (χ4v) is 1.62. The molecule has 0 amide bonds. The average molecular weight is 236 g/mol. The lowest BCUT2D eigenvalue weighted by atomic mass is 10.1. The van der Waals surface area contributed by atoms with Crippen molar-refractivity contribution in [3.63, 3.8) is 0 Å². The number of hydrogen-bond acceptors (Lipinski definition) is 3. The van der Waals surface area contributed by atoms with Gasteiger partial charge in [-0.15, -0.1) is 12.4 Å². The number of halogens is 1. The molecule has 0 radical (unpaired) electrons. The summed E-state index contributed by atoms with van der Waals surface area (Å²) in [6.45, 7) is 0. The number of nitrogens with two attached hydrogens (primary N) is 1. The zero-order valence-electron chi connectivity index (χ0n) is 8.31. The lowest BCUT2D eigenvalue weighted by Crippen LogP contribution is -1.81. The molecule has 0 aliphatic rings. The van der Waals surface area contributed by atoms with Gasteiger partial charge >= 0.3 is 0 Å². The number of fused-ring (bicyclic) bond motifs is 1. The molecule has 0 saturated heterocycles. The molecule has 0 aliphatic heterocycles. The summed E-state index contributed by atoms with van der Waals surface area (Å²) in [5.41, 5.74) is 8.39. The van der Waals surface area contributed by atoms with Gasteiger partial charge in [0.15, 0.2) is 0 Å². The van der Waals surface area contributed by atoms with Crippen molar-refractivity contribution in [2.24, 2.45) is 0 Å². The summed E-state index contributed by atoms with van der Waals surface area (Å²) in [6, 6.07) is 9.67. The van der Waals surface area contributed by atoms with Gasteiger partial charge in [-0.1, -0.05) is 0 Å². The highest BCUT2D eigenvalue weighted by atomic mass is 35.5. The largest absolute Gasteiger partial charge is 0.464 e. The standard InChI is InChI=1S/C11H9N3O.ClH/c12-11-6-9(13-14-11)7-1-2-10-8(5-7)3-4-15-10;/h1-6H,(H3,12,13,14);1H. The zero-order chi connectivity index (χ0) is 10.3. The van der Waals surface area contributed by atoms with Gasteiger partial charge in [-0.25, -0.2) is 0 Å². The second kappa shape index (κ2) is 3.90. The smallest absolute Gasteiger partial charge is 0.145 e. The molecule has 2 aromatic heterocycles. The van der Waals surface area contributed by atoms with Crippen LogP contribution in [0.5, 0.6) is 0 Å². The molecule has 3 rings (SSSR count). The van der Waals surface area contributed by atoms with Gasteiger partial charge in [0, 0.05) is 17.0 Å². The molecule has 82 valence electrons. The van der Waals surface area contributed by atoms with Gasteiger partial charge in [0.25, 0.3) is 0 Å². The van der Waals surface area contributed by atoms with Crippen molar-refractivity contribution in [2.45, 2.75) is 0 Å². The van der Waals surface area contributed by atoms with E-state index in [4.69, 9.17) is 10.2 Å². The van der Waals surface area contributed by atoms with Crippen molar-refractivity contribution >= 4 is 29.2 Å². The minimum atomic E-state index is 0. The Kier molecular flexibility index (Phi) is 2.58. The summed E-state index contributed by atoms with van der Waals surface area (Å²) < 4.78 is 5.26. The van der Waals surface area contributed by atoms with Gasteiger partial charge in [-0.3, -0.25) is 5.10 Å². The summed E-state index contributed by atoms with van der Waals surface area (Å²) in [4.78, 5) is 0. The van der Waals surface area contributed by atoms with Crippen LogP contribution >= 0.6 is 12.4 Å². The third kappa shape index (κ3) is 1.63. The van der Waals surface area contributed by atoms with Crippen molar-refractivity contribution in [1.82, 2.24) is 10.2 Å². The van der Waals surface area contributed by atoms with E-state index in [0.717, 1.165) is 22.2 Å². The maximum atomic E-state index is 5.55. The average Bonchev–Trinajstić information content (AvgIpc) is 2.84. The Hall–Kier alpha value is -1.94. The Morgan fingerprint density at radius 1 is 1.19 bits per heavy atom. The van der Waals surface area contributed by atoms with E-state index in [-0.39, 0.29) is 12.4 Å². The predicted molar refractivity (Wildman–Crippen MR) is 65.5 cm³/mol. The molecule has 0 unspecified atom stereocenters. The van der Waals surface area contributed by atoms with Gasteiger partial charge in [0.05, 0.1) is 12.0 Å². The van der Waals surface area contributed by atoms with Crippen molar-refractivity contribution in [1.29, 1.82) is 0 Å². The number of nitrogen functional groups attached to an aromatic ring is 1. The number of rotatable bonds is 1. The Labute approximate surface area is 97.9 Å². The van der Waals surface area contributed by atoms with E-state index >= 15 is 0 Å². The Bertz CT molecular complexity index is 614. The molecule has 0 aliphatic carbocycles. The second-order valence-electron chi connectivity index (χ2n) is 3.38. The van der Waals surface area contributed by atoms with Gasteiger partial charge < -0.3 is 10.2 Å². The minimum absolute atomic E-state index is 0. The lowest BCUT2D eigenvalue weighted by Gasteiger charge is -1.96. The van der Waals surface area contributed by atoms with Crippen molar-refractivity contribution in [3.8, 4) is 11.3 Å². The van der Waals surface area contributed by atoms with E-state index in [1.165, 1.54) is 0 Å². The molecule has 4 nitrogen and oxygen atoms in total. The highest BCUT2D eigenvalue weighted by Crippen LogP contribution is 2.24. The SMILES string of the molecule is Cl.Nc1cc(-c2ccc3occc3c2)[nH]n1. The van der Waals surface area contributed by atoms with Crippen LogP contribution in [-0.4, -0.2) is 10.2 Å². The monoisotopic (exact) mass is 235 g/mol. The first-order valence-electron chi connectivity index (χ1n) is 4.61. The molecule has 3 aromatic rings. The Morgan fingerprint density at radius 3 is 2.81 bits per heavy atom. The van der Waals surface area contributed by atoms with Gasteiger partial charge in [0.2, 0.25) is 0 Å². The molecule has 1 aromatic carbocycles. The summed E-state index contributed by atoms with van der Waals surface area (Å²) in [5, 5.41) is 7.83. The molecular formula is C11H10ClN3O. The molecule has 5 heteroatoms. The molecule has 0 saturated carbocycles. The third-order valence-electron chi connectivity index (χ3n) is 2.36. The molecule has 0 spiro atoms. The van der Waals surface area contributed by atoms with E-state index in [1.54, 1.807) is 12.3 Å². The zero-order valence-corrected chi connectivity index (χ0v) is 9.12. The van der Waals surface area contributed by atoms with Gasteiger partial charge in [-0.05, 0) is 24.3 Å². The Balaban J connectivity index is 0.000000963. The molecule has 3 N–H and O–H groups in total. The van der Waals surface area contributed by atoms with Crippen LogP contribution in [0.15, 0.2) is 41.0 Å². The van der Waals surface area contributed by atoms with Crippen LogP contribution < -0.4 is 5.73 Å². The molecular weight excluding hydrogens is 226 g/mol. The van der Waals surface area contributed by atoms with Crippen LogP contribution in [0.1, 0.15) is 0 Å². The molecule has 0 fully saturated rings. The topological polar surface area (TPSA) is 67.8 Å². The van der Waals surface area contributed by atoms with Crippen LogP contribution in [0.4, 0.5) is 5.82 Å². The molecule has 0 atom stereocenters. The van der Waals surface area contributed by atoms with Crippen LogP contribution in [-0.2, 0) is 0 Å². The first-order chi connectivity index (χ1) is 7.33. The van der Waals surface area contributed by atoms with E-state index < -0.39 is 0 Å². The summed E-state index contributed by atoms with van der Waals surface area (Å²) in [5.74, 6) is 0.497. The maximum Gasteiger partial charge on any atom is 0.145 e. The lowest BCUT2D eigenvalue weighted by molar-refractivity contribution is 0.616. The van der Waals surface area contributed by atoms with Crippen molar-refractivity contribution in [2.75, 3.05) is 5.73 Å². The van der Waals surface area contributed by atoms with Crippen LogP contribution in [0.25, 0.3) is 22.2 Å². The molecule has 16 heavy (non-hydrogen) atoms. The second-order valence-corrected chi connectivity index (χ2v) is 3.38. The predicted octanol–water partition coefficient (Wildman–Crippen LogP) is 2.83. The first-order valence-corrected chi connectivity index (χ1v) is 4.61. The van der Waals surface area contributed by atoms with Gasteiger partial charge in [0.1, 0.15) is 11.4 Å². The fraction of sp³-hybridized carbons (Fsp3) is 0. The van der Waals surface area contributed by atoms with E-state index in [2.05, 4.69) is 10.2 Å². The minimum Gasteiger partial charge on any atom is -0.464 e. The molecule has 2 heterocycles. The van der Waals surface area contributed by atoms with E-state index in [0.29, 0.717) is 5.82 Å². The number of anilines is 1. The third-order valence-corrected chi connectivity index (χ3v) is 2.36. The first kappa shape index (κ1) is 10.6. The normalized spacial score (nSPS) is 10.2. The van der Waals surface area contributed by atoms with E-state index in [1.807, 2.05) is 24.3 Å². The van der Waals surface area contributed by atoms with Crippen molar-refractivity contribution in [3.05, 3.63) is 36.6 Å². The quantitative estimate of drug-likeness (QED) is 0.682.